The molecule has 0 bridgehead atoms. The highest BCUT2D eigenvalue weighted by atomic mass is 32.2. The molecular formula is C15H16N2O5S. The van der Waals surface area contributed by atoms with Crippen molar-refractivity contribution in [2.75, 3.05) is 19.4 Å². The van der Waals surface area contributed by atoms with E-state index in [1.54, 1.807) is 18.0 Å². The minimum absolute atomic E-state index is 0.150. The van der Waals surface area contributed by atoms with Crippen molar-refractivity contribution in [1.82, 2.24) is 5.32 Å². The molecule has 8 heteroatoms. The predicted octanol–water partition coefficient (Wildman–Crippen LogP) is 2.86. The summed E-state index contributed by atoms with van der Waals surface area (Å²) in [4.78, 5) is 22.4. The van der Waals surface area contributed by atoms with Gasteiger partial charge in [-0.25, -0.2) is 0 Å². The van der Waals surface area contributed by atoms with Gasteiger partial charge in [-0.1, -0.05) is 0 Å². The van der Waals surface area contributed by atoms with Gasteiger partial charge in [0, 0.05) is 24.4 Å². The van der Waals surface area contributed by atoms with Crippen molar-refractivity contribution in [1.29, 1.82) is 0 Å². The lowest BCUT2D eigenvalue weighted by Gasteiger charge is -2.09. The molecule has 0 aliphatic carbocycles. The summed E-state index contributed by atoms with van der Waals surface area (Å²) in [5.74, 6) is 2.20. The number of carbonyl (C=O) groups is 1. The minimum atomic E-state index is -0.546. The summed E-state index contributed by atoms with van der Waals surface area (Å²) in [7, 11) is 1.41. The van der Waals surface area contributed by atoms with Crippen LogP contribution in [-0.4, -0.2) is 30.2 Å². The number of ether oxygens (including phenoxy) is 1. The molecule has 0 saturated heterocycles. The Kier molecular flexibility index (Phi) is 6.04. The molecule has 0 spiro atoms. The number of nitro benzene ring substituents is 1. The highest BCUT2D eigenvalue weighted by Crippen LogP contribution is 2.23. The van der Waals surface area contributed by atoms with E-state index in [-0.39, 0.29) is 11.3 Å². The molecule has 1 heterocycles. The molecule has 1 aromatic carbocycles. The lowest BCUT2D eigenvalue weighted by molar-refractivity contribution is -0.384. The van der Waals surface area contributed by atoms with E-state index in [2.05, 4.69) is 5.32 Å². The zero-order valence-electron chi connectivity index (χ0n) is 12.5. The van der Waals surface area contributed by atoms with E-state index >= 15 is 0 Å². The average Bonchev–Trinajstić information content (AvgIpc) is 3.07. The van der Waals surface area contributed by atoms with Crippen LogP contribution in [0.25, 0.3) is 0 Å². The van der Waals surface area contributed by atoms with Crippen molar-refractivity contribution >= 4 is 23.4 Å². The van der Waals surface area contributed by atoms with E-state index in [1.165, 1.54) is 25.3 Å². The SMILES string of the molecule is COc1ccc([N+](=O)[O-])cc1C(=O)NCCSCc1ccco1. The zero-order valence-corrected chi connectivity index (χ0v) is 13.3. The number of hydrogen-bond acceptors (Lipinski definition) is 6. The second-order valence-corrected chi connectivity index (χ2v) is 5.63. The van der Waals surface area contributed by atoms with Crippen molar-refractivity contribution in [2.45, 2.75) is 5.75 Å². The fourth-order valence-corrected chi connectivity index (χ4v) is 2.64. The number of amides is 1. The Morgan fingerprint density at radius 3 is 2.91 bits per heavy atom. The molecule has 0 aliphatic heterocycles. The average molecular weight is 336 g/mol. The number of methoxy groups -OCH3 is 1. The molecule has 23 heavy (non-hydrogen) atoms. The molecule has 0 atom stereocenters. The lowest BCUT2D eigenvalue weighted by atomic mass is 10.1. The smallest absolute Gasteiger partial charge is 0.270 e. The third-order valence-corrected chi connectivity index (χ3v) is 3.98. The van der Waals surface area contributed by atoms with Gasteiger partial charge >= 0.3 is 0 Å². The van der Waals surface area contributed by atoms with Crippen LogP contribution in [0.2, 0.25) is 0 Å². The summed E-state index contributed by atoms with van der Waals surface area (Å²) in [5.41, 5.74) is 0.000814. The molecule has 0 aliphatic rings. The first-order valence-electron chi connectivity index (χ1n) is 6.82. The number of nitrogens with zero attached hydrogens (tertiary/aromatic N) is 1. The number of carbonyl (C=O) groups excluding carboxylic acids is 1. The Morgan fingerprint density at radius 2 is 2.26 bits per heavy atom. The Labute approximate surface area is 137 Å². The van der Waals surface area contributed by atoms with Crippen LogP contribution < -0.4 is 10.1 Å². The van der Waals surface area contributed by atoms with Gasteiger partial charge in [0.15, 0.2) is 0 Å². The van der Waals surface area contributed by atoms with Crippen LogP contribution in [0.4, 0.5) is 5.69 Å². The first-order chi connectivity index (χ1) is 11.1. The summed E-state index contributed by atoms with van der Waals surface area (Å²) in [6, 6.07) is 7.64. The third-order valence-electron chi connectivity index (χ3n) is 2.99. The second-order valence-electron chi connectivity index (χ2n) is 4.53. The Morgan fingerprint density at radius 1 is 1.43 bits per heavy atom. The molecular weight excluding hydrogens is 320 g/mol. The van der Waals surface area contributed by atoms with Crippen LogP contribution in [0.1, 0.15) is 16.1 Å². The molecule has 1 N–H and O–H groups in total. The second kappa shape index (κ2) is 8.23. The van der Waals surface area contributed by atoms with Crippen molar-refractivity contribution < 1.29 is 18.9 Å². The van der Waals surface area contributed by atoms with E-state index in [1.807, 2.05) is 12.1 Å². The number of benzene rings is 1. The summed E-state index contributed by atoms with van der Waals surface area (Å²) in [6.07, 6.45) is 1.62. The van der Waals surface area contributed by atoms with E-state index in [0.717, 1.165) is 11.5 Å². The number of nitrogens with one attached hydrogen (secondary N) is 1. The standard InChI is InChI=1S/C15H16N2O5S/c1-21-14-5-4-11(17(19)20)9-13(14)15(18)16-6-8-23-10-12-3-2-7-22-12/h2-5,7,9H,6,8,10H2,1H3,(H,16,18). The fraction of sp³-hybridized carbons (Fsp3) is 0.267. The Bertz CT molecular complexity index is 673. The number of nitro groups is 1. The molecule has 0 radical (unpaired) electrons. The predicted molar refractivity (Wildman–Crippen MR) is 86.9 cm³/mol. The Hall–Kier alpha value is -2.48. The van der Waals surface area contributed by atoms with Gasteiger partial charge in [0.1, 0.15) is 11.5 Å². The number of thioether (sulfide) groups is 1. The molecule has 7 nitrogen and oxygen atoms in total. The van der Waals surface area contributed by atoms with Crippen molar-refractivity contribution in [2.24, 2.45) is 0 Å². The zero-order chi connectivity index (χ0) is 16.7. The maximum atomic E-state index is 12.1. The quantitative estimate of drug-likeness (QED) is 0.452. The number of rotatable bonds is 8. The largest absolute Gasteiger partial charge is 0.496 e. The van der Waals surface area contributed by atoms with E-state index in [4.69, 9.17) is 9.15 Å². The number of non-ortho nitro benzene ring substituents is 1. The van der Waals surface area contributed by atoms with Gasteiger partial charge in [-0.2, -0.15) is 11.8 Å². The van der Waals surface area contributed by atoms with Crippen LogP contribution in [0.3, 0.4) is 0 Å². The molecule has 122 valence electrons. The van der Waals surface area contributed by atoms with Gasteiger partial charge in [-0.05, 0) is 18.2 Å². The summed E-state index contributed by atoms with van der Waals surface area (Å²) in [5, 5.41) is 13.5. The minimum Gasteiger partial charge on any atom is -0.496 e. The first kappa shape index (κ1) is 16.9. The normalized spacial score (nSPS) is 10.3. The monoisotopic (exact) mass is 336 g/mol. The van der Waals surface area contributed by atoms with Crippen molar-refractivity contribution in [3.05, 3.63) is 58.0 Å². The van der Waals surface area contributed by atoms with E-state index in [9.17, 15) is 14.9 Å². The number of hydrogen-bond donors (Lipinski definition) is 1. The van der Waals surface area contributed by atoms with Crippen molar-refractivity contribution in [3.63, 3.8) is 0 Å². The van der Waals surface area contributed by atoms with Crippen LogP contribution in [0.15, 0.2) is 41.0 Å². The van der Waals surface area contributed by atoms with Crippen LogP contribution in [0.5, 0.6) is 5.75 Å². The molecule has 2 aromatic rings. The summed E-state index contributed by atoms with van der Waals surface area (Å²) < 4.78 is 10.3. The van der Waals surface area contributed by atoms with Gasteiger partial charge in [0.2, 0.25) is 0 Å². The maximum Gasteiger partial charge on any atom is 0.270 e. The topological polar surface area (TPSA) is 94.6 Å². The molecule has 2 rings (SSSR count). The molecule has 0 unspecified atom stereocenters. The summed E-state index contributed by atoms with van der Waals surface area (Å²) in [6.45, 7) is 0.441. The van der Waals surface area contributed by atoms with Crippen molar-refractivity contribution in [3.8, 4) is 5.75 Å². The van der Waals surface area contributed by atoms with Gasteiger partial charge in [0.05, 0.1) is 29.6 Å². The highest BCUT2D eigenvalue weighted by Gasteiger charge is 2.17. The summed E-state index contributed by atoms with van der Waals surface area (Å²) >= 11 is 1.62. The molecule has 0 saturated carbocycles. The van der Waals surface area contributed by atoms with E-state index < -0.39 is 10.8 Å². The fourth-order valence-electron chi connectivity index (χ4n) is 1.89. The third kappa shape index (κ3) is 4.75. The van der Waals surface area contributed by atoms with Gasteiger partial charge < -0.3 is 14.5 Å². The van der Waals surface area contributed by atoms with E-state index in [0.29, 0.717) is 18.0 Å². The maximum absolute atomic E-state index is 12.1. The van der Waals surface area contributed by atoms with Gasteiger partial charge in [-0.15, -0.1) is 0 Å². The molecule has 1 aromatic heterocycles. The Balaban J connectivity index is 1.87. The highest BCUT2D eigenvalue weighted by molar-refractivity contribution is 7.98. The van der Waals surface area contributed by atoms with Crippen LogP contribution in [0, 0.1) is 10.1 Å². The molecule has 0 fully saturated rings. The van der Waals surface area contributed by atoms with Gasteiger partial charge in [-0.3, -0.25) is 14.9 Å². The van der Waals surface area contributed by atoms with Crippen LogP contribution in [-0.2, 0) is 5.75 Å². The van der Waals surface area contributed by atoms with Crippen LogP contribution >= 0.6 is 11.8 Å². The number of furan rings is 1. The van der Waals surface area contributed by atoms with Gasteiger partial charge in [0.25, 0.3) is 11.6 Å². The first-order valence-corrected chi connectivity index (χ1v) is 7.98. The lowest BCUT2D eigenvalue weighted by Crippen LogP contribution is -2.26. The molecule has 1 amide bonds.